The third-order valence-electron chi connectivity index (χ3n) is 3.34. The molecule has 2 aromatic rings. The number of para-hydroxylation sites is 1. The monoisotopic (exact) mass is 371 g/mol. The zero-order valence-electron chi connectivity index (χ0n) is 13.1. The van der Waals surface area contributed by atoms with E-state index in [0.29, 0.717) is 16.2 Å². The lowest BCUT2D eigenvalue weighted by Crippen LogP contribution is -2.44. The topological polar surface area (TPSA) is 71.5 Å². The Morgan fingerprint density at radius 3 is 2.84 bits per heavy atom. The van der Waals surface area contributed by atoms with Crippen LogP contribution in [0.5, 0.6) is 5.75 Å². The molecule has 1 aromatic carbocycles. The number of thiocarbonyl (C=S) groups is 1. The van der Waals surface area contributed by atoms with Crippen LogP contribution in [0.25, 0.3) is 6.08 Å². The van der Waals surface area contributed by atoms with E-state index in [1.165, 1.54) is 7.11 Å². The number of thioether (sulfide) groups is 1. The van der Waals surface area contributed by atoms with Gasteiger partial charge in [0.15, 0.2) is 4.32 Å². The molecule has 0 saturated carbocycles. The van der Waals surface area contributed by atoms with Gasteiger partial charge in [-0.1, -0.05) is 30.0 Å². The van der Waals surface area contributed by atoms with Crippen molar-refractivity contribution in [1.82, 2.24) is 15.4 Å². The van der Waals surface area contributed by atoms with Crippen LogP contribution in [0.2, 0.25) is 0 Å². The van der Waals surface area contributed by atoms with Crippen molar-refractivity contribution in [3.05, 3.63) is 64.8 Å². The Balaban J connectivity index is 1.79. The summed E-state index contributed by atoms with van der Waals surface area (Å²) in [5.41, 5.74) is 3.62. The summed E-state index contributed by atoms with van der Waals surface area (Å²) in [6.45, 7) is 0. The highest BCUT2D eigenvalue weighted by molar-refractivity contribution is 8.26. The van der Waals surface area contributed by atoms with E-state index >= 15 is 0 Å². The third kappa shape index (κ3) is 3.70. The predicted octanol–water partition coefficient (Wildman–Crippen LogP) is 2.64. The summed E-state index contributed by atoms with van der Waals surface area (Å²) in [6, 6.07) is 10.3. The van der Waals surface area contributed by atoms with Crippen LogP contribution >= 0.6 is 24.0 Å². The lowest BCUT2D eigenvalue weighted by Gasteiger charge is -2.16. The number of hydrogen-bond donors (Lipinski definition) is 1. The summed E-state index contributed by atoms with van der Waals surface area (Å²) in [4.78, 5) is 29.4. The molecule has 1 saturated heterocycles. The summed E-state index contributed by atoms with van der Waals surface area (Å²) < 4.78 is 5.42. The lowest BCUT2D eigenvalue weighted by molar-refractivity contribution is -0.123. The second kappa shape index (κ2) is 7.45. The Hall–Kier alpha value is -2.71. The fourth-order valence-corrected chi connectivity index (χ4v) is 3.35. The summed E-state index contributed by atoms with van der Waals surface area (Å²) in [5, 5.41) is 1.07. The van der Waals surface area contributed by atoms with Gasteiger partial charge >= 0.3 is 0 Å². The van der Waals surface area contributed by atoms with Crippen LogP contribution in [0.3, 0.4) is 0 Å². The van der Waals surface area contributed by atoms with Crippen molar-refractivity contribution in [2.45, 2.75) is 0 Å². The first-order chi connectivity index (χ1) is 12.1. The van der Waals surface area contributed by atoms with Gasteiger partial charge in [0.1, 0.15) is 5.75 Å². The van der Waals surface area contributed by atoms with Crippen molar-refractivity contribution < 1.29 is 14.3 Å². The molecule has 0 bridgehead atoms. The quantitative estimate of drug-likeness (QED) is 0.658. The number of hydrogen-bond acceptors (Lipinski definition) is 6. The van der Waals surface area contributed by atoms with Gasteiger partial charge in [0.2, 0.25) is 0 Å². The number of pyridine rings is 1. The summed E-state index contributed by atoms with van der Waals surface area (Å²) in [7, 11) is 1.47. The van der Waals surface area contributed by atoms with E-state index in [1.54, 1.807) is 48.8 Å². The first-order valence-corrected chi connectivity index (χ1v) is 8.44. The van der Waals surface area contributed by atoms with E-state index in [2.05, 4.69) is 10.4 Å². The number of methoxy groups -OCH3 is 1. The highest BCUT2D eigenvalue weighted by Gasteiger charge is 2.34. The van der Waals surface area contributed by atoms with Crippen LogP contribution in [0.15, 0.2) is 53.7 Å². The molecule has 0 unspecified atom stereocenters. The smallest absolute Gasteiger partial charge is 0.285 e. The molecule has 2 amide bonds. The number of carbonyl (C=O) groups is 2. The van der Waals surface area contributed by atoms with Crippen molar-refractivity contribution in [3.8, 4) is 5.75 Å². The number of nitrogens with zero attached hydrogens (tertiary/aromatic N) is 2. The number of carbonyl (C=O) groups excluding carboxylic acids is 2. The normalized spacial score (nSPS) is 15.6. The minimum atomic E-state index is -0.476. The fourth-order valence-electron chi connectivity index (χ4n) is 2.17. The third-order valence-corrected chi connectivity index (χ3v) is 4.64. The molecular weight excluding hydrogens is 358 g/mol. The molecule has 126 valence electrons. The van der Waals surface area contributed by atoms with Crippen molar-refractivity contribution in [1.29, 1.82) is 0 Å². The Kier molecular flexibility index (Phi) is 5.11. The van der Waals surface area contributed by atoms with Crippen LogP contribution in [-0.2, 0) is 4.79 Å². The number of aromatic nitrogens is 1. The maximum Gasteiger partial charge on any atom is 0.285 e. The van der Waals surface area contributed by atoms with Gasteiger partial charge in [-0.05, 0) is 42.1 Å². The molecule has 1 aromatic heterocycles. The van der Waals surface area contributed by atoms with Crippen molar-refractivity contribution >= 4 is 46.2 Å². The van der Waals surface area contributed by atoms with Gasteiger partial charge in [-0.15, -0.1) is 0 Å². The SMILES string of the molecule is COc1ccccc1C(=O)NN1C(=O)/C(=C/c2cccnc2)SC1=S. The number of nitrogens with one attached hydrogen (secondary N) is 1. The number of hydrazine groups is 1. The average Bonchev–Trinajstić information content (AvgIpc) is 2.90. The van der Waals surface area contributed by atoms with E-state index in [-0.39, 0.29) is 10.2 Å². The van der Waals surface area contributed by atoms with E-state index in [9.17, 15) is 9.59 Å². The minimum absolute atomic E-state index is 0.253. The molecule has 0 atom stereocenters. The van der Waals surface area contributed by atoms with Gasteiger partial charge < -0.3 is 4.74 Å². The van der Waals surface area contributed by atoms with Gasteiger partial charge in [-0.25, -0.2) is 0 Å². The molecule has 0 aliphatic carbocycles. The predicted molar refractivity (Wildman–Crippen MR) is 99.7 cm³/mol. The van der Waals surface area contributed by atoms with Crippen LogP contribution in [-0.4, -0.2) is 33.2 Å². The van der Waals surface area contributed by atoms with Crippen molar-refractivity contribution in [2.24, 2.45) is 0 Å². The van der Waals surface area contributed by atoms with E-state index in [0.717, 1.165) is 22.3 Å². The molecule has 1 fully saturated rings. The van der Waals surface area contributed by atoms with Gasteiger partial charge in [0.05, 0.1) is 17.6 Å². The molecule has 2 heterocycles. The van der Waals surface area contributed by atoms with E-state index in [1.807, 2.05) is 6.07 Å². The second-order valence-corrected chi connectivity index (χ2v) is 6.62. The van der Waals surface area contributed by atoms with Crippen LogP contribution in [0.1, 0.15) is 15.9 Å². The maximum absolute atomic E-state index is 12.5. The average molecular weight is 371 g/mol. The maximum atomic E-state index is 12.5. The summed E-state index contributed by atoms with van der Waals surface area (Å²) >= 11 is 6.32. The molecule has 1 aliphatic rings. The molecule has 25 heavy (non-hydrogen) atoms. The molecule has 1 aliphatic heterocycles. The van der Waals surface area contributed by atoms with Gasteiger partial charge in [0.25, 0.3) is 11.8 Å². The number of ether oxygens (including phenoxy) is 1. The van der Waals surface area contributed by atoms with E-state index in [4.69, 9.17) is 17.0 Å². The highest BCUT2D eigenvalue weighted by atomic mass is 32.2. The Morgan fingerprint density at radius 1 is 1.32 bits per heavy atom. The minimum Gasteiger partial charge on any atom is -0.496 e. The summed E-state index contributed by atoms with van der Waals surface area (Å²) in [5.74, 6) is -0.449. The number of amides is 2. The largest absolute Gasteiger partial charge is 0.496 e. The number of benzene rings is 1. The van der Waals surface area contributed by atoms with Crippen LogP contribution in [0.4, 0.5) is 0 Å². The molecular formula is C17H13N3O3S2. The molecule has 0 spiro atoms. The second-order valence-electron chi connectivity index (χ2n) is 4.94. The Morgan fingerprint density at radius 2 is 2.12 bits per heavy atom. The lowest BCUT2D eigenvalue weighted by atomic mass is 10.2. The highest BCUT2D eigenvalue weighted by Crippen LogP contribution is 2.31. The van der Waals surface area contributed by atoms with Crippen LogP contribution in [0, 0.1) is 0 Å². The van der Waals surface area contributed by atoms with Gasteiger partial charge in [-0.3, -0.25) is 20.0 Å². The van der Waals surface area contributed by atoms with Gasteiger partial charge in [0, 0.05) is 12.4 Å². The molecule has 8 heteroatoms. The first kappa shape index (κ1) is 17.1. The molecule has 3 rings (SSSR count). The van der Waals surface area contributed by atoms with E-state index < -0.39 is 5.91 Å². The zero-order valence-corrected chi connectivity index (χ0v) is 14.8. The molecule has 0 radical (unpaired) electrons. The van der Waals surface area contributed by atoms with Crippen molar-refractivity contribution in [3.63, 3.8) is 0 Å². The summed E-state index contributed by atoms with van der Waals surface area (Å²) in [6.07, 6.45) is 4.97. The molecule has 6 nitrogen and oxygen atoms in total. The van der Waals surface area contributed by atoms with Gasteiger partial charge in [-0.2, -0.15) is 5.01 Å². The standard InChI is InChI=1S/C17H13N3O3S2/c1-23-13-7-3-2-6-12(13)15(21)19-20-16(22)14(25-17(20)24)9-11-5-4-8-18-10-11/h2-10H,1H3,(H,19,21)/b14-9-. The van der Waals surface area contributed by atoms with Crippen LogP contribution < -0.4 is 10.2 Å². The first-order valence-electron chi connectivity index (χ1n) is 7.22. The fraction of sp³-hybridized carbons (Fsp3) is 0.0588. The molecule has 1 N–H and O–H groups in total. The Bertz CT molecular complexity index is 868. The van der Waals surface area contributed by atoms with Crippen molar-refractivity contribution in [2.75, 3.05) is 7.11 Å². The number of rotatable bonds is 4. The zero-order chi connectivity index (χ0) is 17.8. The Labute approximate surface area is 153 Å².